The summed E-state index contributed by atoms with van der Waals surface area (Å²) in [5, 5.41) is 5.47. The van der Waals surface area contributed by atoms with Crippen LogP contribution in [0.1, 0.15) is 77.5 Å². The second-order valence-corrected chi connectivity index (χ2v) is 9.29. The van der Waals surface area contributed by atoms with E-state index in [1.807, 2.05) is 32.0 Å². The summed E-state index contributed by atoms with van der Waals surface area (Å²) in [7, 11) is 0. The molecule has 2 unspecified atom stereocenters. The predicted octanol–water partition coefficient (Wildman–Crippen LogP) is 2.96. The van der Waals surface area contributed by atoms with E-state index < -0.39 is 35.6 Å². The molecule has 0 saturated carbocycles. The number of nitrogens with zero attached hydrogens (tertiary/aromatic N) is 1. The summed E-state index contributed by atoms with van der Waals surface area (Å²) >= 11 is 0. The van der Waals surface area contributed by atoms with Crippen LogP contribution in [0.15, 0.2) is 24.3 Å². The molecule has 1 rings (SSSR count). The highest BCUT2D eigenvalue weighted by molar-refractivity contribution is 5.92. The van der Waals surface area contributed by atoms with Gasteiger partial charge in [-0.05, 0) is 53.0 Å². The van der Waals surface area contributed by atoms with Crippen molar-refractivity contribution in [1.29, 1.82) is 0 Å². The van der Waals surface area contributed by atoms with Crippen LogP contribution in [-0.2, 0) is 19.1 Å². The number of carbonyl (C=O) groups is 4. The van der Waals surface area contributed by atoms with Gasteiger partial charge in [-0.3, -0.25) is 14.4 Å². The number of amides is 4. The van der Waals surface area contributed by atoms with Crippen LogP contribution in [0, 0.1) is 6.92 Å². The van der Waals surface area contributed by atoms with E-state index in [-0.39, 0.29) is 25.3 Å². The molecule has 190 valence electrons. The van der Waals surface area contributed by atoms with E-state index in [0.29, 0.717) is 12.1 Å². The molecular weight excluding hydrogens is 436 g/mol. The first-order chi connectivity index (χ1) is 15.9. The summed E-state index contributed by atoms with van der Waals surface area (Å²) in [5.74, 6) is -1.40. The van der Waals surface area contributed by atoms with Gasteiger partial charge in [-0.2, -0.15) is 0 Å². The lowest BCUT2D eigenvalue weighted by atomic mass is 10.00. The molecule has 4 amide bonds. The van der Waals surface area contributed by atoms with Crippen LogP contribution in [0.2, 0.25) is 0 Å². The van der Waals surface area contributed by atoms with Gasteiger partial charge in [-0.1, -0.05) is 43.2 Å². The highest BCUT2D eigenvalue weighted by atomic mass is 16.6. The Kier molecular flexibility index (Phi) is 11.5. The van der Waals surface area contributed by atoms with E-state index >= 15 is 0 Å². The maximum atomic E-state index is 13.6. The number of carbonyl (C=O) groups excluding carboxylic acids is 4. The van der Waals surface area contributed by atoms with Gasteiger partial charge in [-0.15, -0.1) is 0 Å². The molecule has 4 N–H and O–H groups in total. The Hall–Kier alpha value is -3.10. The van der Waals surface area contributed by atoms with Crippen LogP contribution in [0.3, 0.4) is 0 Å². The van der Waals surface area contributed by atoms with Crippen molar-refractivity contribution in [1.82, 2.24) is 15.5 Å². The van der Waals surface area contributed by atoms with Crippen molar-refractivity contribution in [3.63, 3.8) is 0 Å². The maximum Gasteiger partial charge on any atom is 0.408 e. The lowest BCUT2D eigenvalue weighted by molar-refractivity contribution is -0.142. The standard InChI is InChI=1S/C25H40N4O5/c1-7-9-15-27-22(31)21(18-12-10-11-17(3)16-18)29(8-2)23(32)19(13-14-20(26)30)28-24(33)34-25(4,5)6/h10-12,16,19,21H,7-9,13-15H2,1-6H3,(H2,26,30)(H,27,31)(H,28,33). The predicted molar refractivity (Wildman–Crippen MR) is 131 cm³/mol. The van der Waals surface area contributed by atoms with Gasteiger partial charge in [-0.25, -0.2) is 4.79 Å². The average Bonchev–Trinajstić information content (AvgIpc) is 2.73. The van der Waals surface area contributed by atoms with E-state index in [0.717, 1.165) is 18.4 Å². The van der Waals surface area contributed by atoms with Crippen LogP contribution in [0.25, 0.3) is 0 Å². The molecule has 0 aliphatic carbocycles. The Morgan fingerprint density at radius 1 is 1.15 bits per heavy atom. The number of aryl methyl sites for hydroxylation is 1. The summed E-state index contributed by atoms with van der Waals surface area (Å²) < 4.78 is 5.30. The van der Waals surface area contributed by atoms with Crippen molar-refractivity contribution >= 4 is 23.8 Å². The Balaban J connectivity index is 3.30. The van der Waals surface area contributed by atoms with Crippen LogP contribution in [-0.4, -0.2) is 53.4 Å². The Labute approximate surface area is 202 Å². The summed E-state index contributed by atoms with van der Waals surface area (Å²) in [6, 6.07) is 5.42. The fraction of sp³-hybridized carbons (Fsp3) is 0.600. The number of unbranched alkanes of at least 4 members (excludes halogenated alkanes) is 1. The fourth-order valence-corrected chi connectivity index (χ4v) is 3.46. The van der Waals surface area contributed by atoms with Gasteiger partial charge in [0, 0.05) is 19.5 Å². The zero-order chi connectivity index (χ0) is 25.9. The van der Waals surface area contributed by atoms with Crippen LogP contribution in [0.4, 0.5) is 4.79 Å². The van der Waals surface area contributed by atoms with Crippen molar-refractivity contribution in [3.05, 3.63) is 35.4 Å². The Bertz CT molecular complexity index is 850. The summed E-state index contributed by atoms with van der Waals surface area (Å²) in [6.45, 7) is 11.5. The van der Waals surface area contributed by atoms with E-state index in [1.165, 1.54) is 4.90 Å². The van der Waals surface area contributed by atoms with Crippen molar-refractivity contribution < 1.29 is 23.9 Å². The Morgan fingerprint density at radius 2 is 1.82 bits per heavy atom. The number of alkyl carbamates (subject to hydrolysis) is 1. The third-order valence-electron chi connectivity index (χ3n) is 5.04. The van der Waals surface area contributed by atoms with Crippen molar-refractivity contribution in [2.75, 3.05) is 13.1 Å². The molecule has 0 bridgehead atoms. The third-order valence-corrected chi connectivity index (χ3v) is 5.04. The monoisotopic (exact) mass is 476 g/mol. The molecule has 0 radical (unpaired) electrons. The van der Waals surface area contributed by atoms with E-state index in [1.54, 1.807) is 33.8 Å². The van der Waals surface area contributed by atoms with Gasteiger partial charge in [0.25, 0.3) is 0 Å². The van der Waals surface area contributed by atoms with E-state index in [2.05, 4.69) is 10.6 Å². The molecule has 0 aliphatic rings. The van der Waals surface area contributed by atoms with Crippen LogP contribution < -0.4 is 16.4 Å². The molecule has 0 spiro atoms. The molecule has 1 aromatic carbocycles. The lowest BCUT2D eigenvalue weighted by Gasteiger charge is -2.34. The number of nitrogens with two attached hydrogens (primary N) is 1. The number of rotatable bonds is 12. The topological polar surface area (TPSA) is 131 Å². The van der Waals surface area contributed by atoms with Gasteiger partial charge < -0.3 is 26.0 Å². The van der Waals surface area contributed by atoms with Crippen LogP contribution >= 0.6 is 0 Å². The first kappa shape index (κ1) is 28.9. The number of hydrogen-bond acceptors (Lipinski definition) is 5. The number of primary amides is 1. The van der Waals surface area contributed by atoms with Crippen molar-refractivity contribution in [2.24, 2.45) is 5.73 Å². The first-order valence-electron chi connectivity index (χ1n) is 11.8. The zero-order valence-corrected chi connectivity index (χ0v) is 21.3. The molecule has 0 aromatic heterocycles. The molecule has 0 aliphatic heterocycles. The second kappa shape index (κ2) is 13.6. The number of ether oxygens (including phenoxy) is 1. The van der Waals surface area contributed by atoms with Crippen LogP contribution in [0.5, 0.6) is 0 Å². The SMILES string of the molecule is CCCCNC(=O)C(c1cccc(C)c1)N(CC)C(=O)C(CCC(N)=O)NC(=O)OC(C)(C)C. The second-order valence-electron chi connectivity index (χ2n) is 9.29. The number of likely N-dealkylation sites (N-methyl/N-ethyl adjacent to an activating group) is 1. The third kappa shape index (κ3) is 9.80. The van der Waals surface area contributed by atoms with Crippen molar-refractivity contribution in [3.8, 4) is 0 Å². The molecule has 34 heavy (non-hydrogen) atoms. The maximum absolute atomic E-state index is 13.6. The largest absolute Gasteiger partial charge is 0.444 e. The van der Waals surface area contributed by atoms with Gasteiger partial charge in [0.15, 0.2) is 0 Å². The molecule has 9 heteroatoms. The zero-order valence-electron chi connectivity index (χ0n) is 21.3. The molecule has 2 atom stereocenters. The van der Waals surface area contributed by atoms with Gasteiger partial charge >= 0.3 is 6.09 Å². The smallest absolute Gasteiger partial charge is 0.408 e. The minimum Gasteiger partial charge on any atom is -0.444 e. The average molecular weight is 477 g/mol. The lowest BCUT2D eigenvalue weighted by Crippen LogP contribution is -2.53. The first-order valence-corrected chi connectivity index (χ1v) is 11.8. The van der Waals surface area contributed by atoms with Gasteiger partial charge in [0.2, 0.25) is 17.7 Å². The Morgan fingerprint density at radius 3 is 2.35 bits per heavy atom. The normalized spacial score (nSPS) is 12.9. The number of benzene rings is 1. The van der Waals surface area contributed by atoms with Gasteiger partial charge in [0.05, 0.1) is 0 Å². The van der Waals surface area contributed by atoms with Gasteiger partial charge in [0.1, 0.15) is 17.7 Å². The quantitative estimate of drug-likeness (QED) is 0.399. The number of nitrogens with one attached hydrogen (secondary N) is 2. The van der Waals surface area contributed by atoms with E-state index in [9.17, 15) is 19.2 Å². The molecule has 1 aromatic rings. The molecule has 0 fully saturated rings. The van der Waals surface area contributed by atoms with E-state index in [4.69, 9.17) is 10.5 Å². The fourth-order valence-electron chi connectivity index (χ4n) is 3.46. The highest BCUT2D eigenvalue weighted by Gasteiger charge is 2.35. The molecule has 0 heterocycles. The minimum absolute atomic E-state index is 0.0120. The van der Waals surface area contributed by atoms with Crippen molar-refractivity contribution in [2.45, 2.75) is 84.9 Å². The summed E-state index contributed by atoms with van der Waals surface area (Å²) in [4.78, 5) is 52.1. The molecule has 9 nitrogen and oxygen atoms in total. The molecule has 0 saturated heterocycles. The minimum atomic E-state index is -1.09. The molecular formula is C25H40N4O5. The highest BCUT2D eigenvalue weighted by Crippen LogP contribution is 2.24. The summed E-state index contributed by atoms with van der Waals surface area (Å²) in [6.07, 6.45) is 0.823. The summed E-state index contributed by atoms with van der Waals surface area (Å²) in [5.41, 5.74) is 6.14. The number of hydrogen-bond donors (Lipinski definition) is 3.